The van der Waals surface area contributed by atoms with Crippen molar-refractivity contribution in [1.29, 1.82) is 5.26 Å². The highest BCUT2D eigenvalue weighted by Crippen LogP contribution is 2.29. The lowest BCUT2D eigenvalue weighted by Crippen LogP contribution is -2.19. The normalized spacial score (nSPS) is 10.6. The van der Waals surface area contributed by atoms with E-state index in [0.717, 1.165) is 6.07 Å². The zero-order valence-electron chi connectivity index (χ0n) is 17.1. The van der Waals surface area contributed by atoms with Crippen LogP contribution in [0.2, 0.25) is 0 Å². The van der Waals surface area contributed by atoms with Crippen LogP contribution in [0.1, 0.15) is 34.0 Å². The molecule has 0 spiro atoms. The predicted octanol–water partition coefficient (Wildman–Crippen LogP) is 4.58. The molecule has 8 heteroatoms. The van der Waals surface area contributed by atoms with Gasteiger partial charge in [0.25, 0.3) is 5.91 Å². The third kappa shape index (κ3) is 5.89. The summed E-state index contributed by atoms with van der Waals surface area (Å²) >= 11 is 0. The lowest BCUT2D eigenvalue weighted by atomic mass is 10.1. The van der Waals surface area contributed by atoms with E-state index < -0.39 is 11.7 Å². The highest BCUT2D eigenvalue weighted by molar-refractivity contribution is 5.95. The van der Waals surface area contributed by atoms with Gasteiger partial charge in [0.2, 0.25) is 0 Å². The molecule has 1 N–H and O–H groups in total. The van der Waals surface area contributed by atoms with Crippen molar-refractivity contribution < 1.29 is 23.0 Å². The Morgan fingerprint density at radius 3 is 2.66 bits per heavy atom. The van der Waals surface area contributed by atoms with Crippen LogP contribution in [0.3, 0.4) is 0 Å². The van der Waals surface area contributed by atoms with E-state index in [0.29, 0.717) is 29.2 Å². The first kappa shape index (κ1) is 22.4. The van der Waals surface area contributed by atoms with E-state index in [1.165, 1.54) is 30.5 Å². The smallest absolute Gasteiger partial charge is 0.274 e. The van der Waals surface area contributed by atoms with Crippen molar-refractivity contribution >= 4 is 12.1 Å². The molecule has 0 aliphatic carbocycles. The van der Waals surface area contributed by atoms with Crippen LogP contribution in [-0.4, -0.2) is 18.7 Å². The number of nitrogens with one attached hydrogen (secondary N) is 1. The van der Waals surface area contributed by atoms with Gasteiger partial charge in [-0.2, -0.15) is 10.4 Å². The van der Waals surface area contributed by atoms with Crippen LogP contribution < -0.4 is 14.9 Å². The van der Waals surface area contributed by atoms with Gasteiger partial charge in [-0.3, -0.25) is 4.79 Å². The number of nitriles is 1. The number of ether oxygens (including phenoxy) is 2. The molecule has 3 aromatic carbocycles. The summed E-state index contributed by atoms with van der Waals surface area (Å²) < 4.78 is 38.6. The number of rotatable bonds is 8. The molecule has 0 aromatic heterocycles. The Morgan fingerprint density at radius 1 is 1.09 bits per heavy atom. The van der Waals surface area contributed by atoms with Gasteiger partial charge in [-0.15, -0.1) is 0 Å². The Balaban J connectivity index is 1.67. The van der Waals surface area contributed by atoms with Crippen LogP contribution in [0.15, 0.2) is 65.8 Å². The van der Waals surface area contributed by atoms with Gasteiger partial charge in [-0.1, -0.05) is 12.1 Å². The van der Waals surface area contributed by atoms with Crippen molar-refractivity contribution in [3.63, 3.8) is 0 Å². The van der Waals surface area contributed by atoms with Crippen LogP contribution >= 0.6 is 0 Å². The topological polar surface area (TPSA) is 83.7 Å². The maximum absolute atomic E-state index is 13.9. The zero-order valence-corrected chi connectivity index (χ0v) is 17.1. The predicted molar refractivity (Wildman–Crippen MR) is 115 cm³/mol. The Labute approximate surface area is 183 Å². The molecule has 0 saturated heterocycles. The lowest BCUT2D eigenvalue weighted by Gasteiger charge is -2.12. The number of hydrogen-bond donors (Lipinski definition) is 1. The summed E-state index contributed by atoms with van der Waals surface area (Å²) in [5.41, 5.74) is 3.42. The van der Waals surface area contributed by atoms with Gasteiger partial charge in [-0.25, -0.2) is 14.2 Å². The number of carbonyl (C=O) groups is 1. The third-order valence-electron chi connectivity index (χ3n) is 4.27. The van der Waals surface area contributed by atoms with Crippen LogP contribution in [0.25, 0.3) is 0 Å². The van der Waals surface area contributed by atoms with Crippen molar-refractivity contribution in [2.45, 2.75) is 13.5 Å². The van der Waals surface area contributed by atoms with Crippen molar-refractivity contribution in [3.8, 4) is 17.6 Å². The second-order valence-electron chi connectivity index (χ2n) is 6.56. The lowest BCUT2D eigenvalue weighted by molar-refractivity contribution is 0.0951. The van der Waals surface area contributed by atoms with Crippen molar-refractivity contribution in [3.05, 3.63) is 94.6 Å². The molecule has 0 unspecified atom stereocenters. The first-order valence-corrected chi connectivity index (χ1v) is 9.67. The molecule has 0 saturated carbocycles. The first-order valence-electron chi connectivity index (χ1n) is 9.67. The molecule has 3 rings (SSSR count). The number of amides is 1. The van der Waals surface area contributed by atoms with Gasteiger partial charge in [0.15, 0.2) is 11.5 Å². The molecule has 0 bridgehead atoms. The van der Waals surface area contributed by atoms with Crippen molar-refractivity contribution in [2.75, 3.05) is 6.61 Å². The van der Waals surface area contributed by atoms with Crippen LogP contribution in [0, 0.1) is 23.0 Å². The van der Waals surface area contributed by atoms with E-state index in [9.17, 15) is 13.6 Å². The zero-order chi connectivity index (χ0) is 22.9. The summed E-state index contributed by atoms with van der Waals surface area (Å²) in [5.74, 6) is -0.974. The summed E-state index contributed by atoms with van der Waals surface area (Å²) in [6.45, 7) is 2.38. The standard InChI is InChI=1S/C24H19F2N3O3/c1-2-31-23-12-17(7-9-22(23)32-15-18-4-3-5-19(25)10-18)14-28-29-24(30)20-8-6-16(13-27)11-21(20)26/h3-12,14H,2,15H2,1H3,(H,29,30)/b28-14-. The molecule has 0 aliphatic rings. The molecule has 0 heterocycles. The van der Waals surface area contributed by atoms with Crippen molar-refractivity contribution in [2.24, 2.45) is 5.10 Å². The number of nitrogens with zero attached hydrogens (tertiary/aromatic N) is 2. The Bertz CT molecular complexity index is 1190. The molecule has 0 radical (unpaired) electrons. The quantitative estimate of drug-likeness (QED) is 0.415. The molecule has 3 aromatic rings. The molecular formula is C24H19F2N3O3. The van der Waals surface area contributed by atoms with Gasteiger partial charge in [0.1, 0.15) is 18.2 Å². The van der Waals surface area contributed by atoms with Gasteiger partial charge in [0.05, 0.1) is 30.0 Å². The average Bonchev–Trinajstić information content (AvgIpc) is 2.78. The van der Waals surface area contributed by atoms with Crippen molar-refractivity contribution in [1.82, 2.24) is 5.43 Å². The summed E-state index contributed by atoms with van der Waals surface area (Å²) in [4.78, 5) is 12.1. The monoisotopic (exact) mass is 435 g/mol. The van der Waals surface area contributed by atoms with E-state index >= 15 is 0 Å². The Hall–Kier alpha value is -4.25. The second kappa shape index (κ2) is 10.7. The highest BCUT2D eigenvalue weighted by atomic mass is 19.1. The third-order valence-corrected chi connectivity index (χ3v) is 4.27. The number of hydrogen-bond acceptors (Lipinski definition) is 5. The minimum absolute atomic E-state index is 0.116. The van der Waals surface area contributed by atoms with Gasteiger partial charge in [0, 0.05) is 0 Å². The molecule has 32 heavy (non-hydrogen) atoms. The Morgan fingerprint density at radius 2 is 1.94 bits per heavy atom. The molecule has 0 fully saturated rings. The Kier molecular flexibility index (Phi) is 7.49. The summed E-state index contributed by atoms with van der Waals surface area (Å²) in [5, 5.41) is 12.6. The fraction of sp³-hybridized carbons (Fsp3) is 0.125. The average molecular weight is 435 g/mol. The van der Waals surface area contributed by atoms with E-state index in [1.807, 2.05) is 6.92 Å². The number of benzene rings is 3. The molecule has 0 aliphatic heterocycles. The molecule has 6 nitrogen and oxygen atoms in total. The van der Waals surface area contributed by atoms with E-state index in [1.54, 1.807) is 36.4 Å². The number of hydrazone groups is 1. The number of carbonyl (C=O) groups excluding carboxylic acids is 1. The van der Waals surface area contributed by atoms with Gasteiger partial charge >= 0.3 is 0 Å². The largest absolute Gasteiger partial charge is 0.490 e. The van der Waals surface area contributed by atoms with Crippen LogP contribution in [-0.2, 0) is 6.61 Å². The van der Waals surface area contributed by atoms with E-state index in [4.69, 9.17) is 14.7 Å². The van der Waals surface area contributed by atoms with E-state index in [-0.39, 0.29) is 23.6 Å². The van der Waals surface area contributed by atoms with Gasteiger partial charge < -0.3 is 9.47 Å². The molecule has 162 valence electrons. The fourth-order valence-corrected chi connectivity index (χ4v) is 2.77. The highest BCUT2D eigenvalue weighted by Gasteiger charge is 2.12. The summed E-state index contributed by atoms with van der Waals surface area (Å²) in [6, 6.07) is 16.5. The minimum Gasteiger partial charge on any atom is -0.490 e. The SMILES string of the molecule is CCOc1cc(/C=N\NC(=O)c2ccc(C#N)cc2F)ccc1OCc1cccc(F)c1. The maximum atomic E-state index is 13.9. The second-order valence-corrected chi connectivity index (χ2v) is 6.56. The van der Waals surface area contributed by atoms with Crippen LogP contribution in [0.5, 0.6) is 11.5 Å². The number of halogens is 2. The maximum Gasteiger partial charge on any atom is 0.274 e. The summed E-state index contributed by atoms with van der Waals surface area (Å²) in [7, 11) is 0. The molecule has 0 atom stereocenters. The minimum atomic E-state index is -0.810. The summed E-state index contributed by atoms with van der Waals surface area (Å²) in [6.07, 6.45) is 1.37. The first-order chi connectivity index (χ1) is 15.5. The van der Waals surface area contributed by atoms with E-state index in [2.05, 4.69) is 10.5 Å². The molecular weight excluding hydrogens is 416 g/mol. The fourth-order valence-electron chi connectivity index (χ4n) is 2.77. The van der Waals surface area contributed by atoms with Crippen LogP contribution in [0.4, 0.5) is 8.78 Å². The molecule has 1 amide bonds. The van der Waals surface area contributed by atoms with Gasteiger partial charge in [-0.05, 0) is 66.6 Å².